The maximum atomic E-state index is 9.24. The number of aliphatic hydroxyl groups excluding tert-OH is 1. The van der Waals surface area contributed by atoms with Crippen LogP contribution in [0.4, 0.5) is 5.69 Å². The Labute approximate surface area is 143 Å². The summed E-state index contributed by atoms with van der Waals surface area (Å²) in [5, 5.41) is 12.7. The van der Waals surface area contributed by atoms with E-state index >= 15 is 0 Å². The van der Waals surface area contributed by atoms with Crippen LogP contribution in [0.2, 0.25) is 0 Å². The van der Waals surface area contributed by atoms with Gasteiger partial charge in [0.05, 0.1) is 17.9 Å². The van der Waals surface area contributed by atoms with Gasteiger partial charge in [-0.2, -0.15) is 0 Å². The molecule has 5 heteroatoms. The molecule has 1 saturated heterocycles. The standard InChI is InChI=1S/C19H26N4O/c1-15(19-12-20-7-8-21-19)22-18-4-2-3-17(11-18)13-23-9-5-16(14-24)6-10-23/h2-4,7-8,11-12,15-16,22,24H,5-6,9-10,13-14H2,1H3. The van der Waals surface area contributed by atoms with Crippen molar-refractivity contribution in [3.63, 3.8) is 0 Å². The first-order valence-electron chi connectivity index (χ1n) is 8.69. The minimum absolute atomic E-state index is 0.120. The smallest absolute Gasteiger partial charge is 0.0806 e. The highest BCUT2D eigenvalue weighted by Crippen LogP contribution is 2.21. The molecule has 0 amide bonds. The van der Waals surface area contributed by atoms with Crippen molar-refractivity contribution in [2.24, 2.45) is 5.92 Å². The van der Waals surface area contributed by atoms with Crippen molar-refractivity contribution in [1.82, 2.24) is 14.9 Å². The van der Waals surface area contributed by atoms with Gasteiger partial charge < -0.3 is 10.4 Å². The highest BCUT2D eigenvalue weighted by atomic mass is 16.3. The minimum atomic E-state index is 0.120. The topological polar surface area (TPSA) is 61.3 Å². The summed E-state index contributed by atoms with van der Waals surface area (Å²) < 4.78 is 0. The van der Waals surface area contributed by atoms with E-state index in [2.05, 4.69) is 51.4 Å². The zero-order valence-electron chi connectivity index (χ0n) is 14.2. The van der Waals surface area contributed by atoms with Gasteiger partial charge in [0.2, 0.25) is 0 Å². The molecule has 1 atom stereocenters. The van der Waals surface area contributed by atoms with E-state index in [1.165, 1.54) is 5.56 Å². The molecule has 1 aliphatic rings. The molecular weight excluding hydrogens is 300 g/mol. The molecule has 2 aromatic rings. The number of anilines is 1. The van der Waals surface area contributed by atoms with E-state index in [0.29, 0.717) is 12.5 Å². The Kier molecular flexibility index (Phi) is 5.77. The number of rotatable bonds is 6. The van der Waals surface area contributed by atoms with E-state index < -0.39 is 0 Å². The summed E-state index contributed by atoms with van der Waals surface area (Å²) in [5.74, 6) is 0.488. The lowest BCUT2D eigenvalue weighted by Crippen LogP contribution is -2.34. The predicted molar refractivity (Wildman–Crippen MR) is 95.6 cm³/mol. The molecule has 0 spiro atoms. The number of hydrogen-bond donors (Lipinski definition) is 2. The van der Waals surface area contributed by atoms with Crippen LogP contribution in [0.1, 0.15) is 37.1 Å². The van der Waals surface area contributed by atoms with Crippen molar-refractivity contribution in [2.75, 3.05) is 25.0 Å². The van der Waals surface area contributed by atoms with E-state index in [1.807, 2.05) is 0 Å². The number of nitrogens with one attached hydrogen (secondary N) is 1. The van der Waals surface area contributed by atoms with E-state index in [4.69, 9.17) is 0 Å². The first-order chi connectivity index (χ1) is 11.7. The van der Waals surface area contributed by atoms with Gasteiger partial charge >= 0.3 is 0 Å². The fraction of sp³-hybridized carbons (Fsp3) is 0.474. The molecule has 1 aromatic heterocycles. The zero-order valence-corrected chi connectivity index (χ0v) is 14.2. The van der Waals surface area contributed by atoms with Gasteiger partial charge in [-0.15, -0.1) is 0 Å². The van der Waals surface area contributed by atoms with Crippen LogP contribution in [-0.4, -0.2) is 39.7 Å². The van der Waals surface area contributed by atoms with Gasteiger partial charge in [0.25, 0.3) is 0 Å². The van der Waals surface area contributed by atoms with Crippen LogP contribution >= 0.6 is 0 Å². The summed E-state index contributed by atoms with van der Waals surface area (Å²) in [7, 11) is 0. The van der Waals surface area contributed by atoms with Crippen LogP contribution in [0.25, 0.3) is 0 Å². The summed E-state index contributed by atoms with van der Waals surface area (Å²) in [6.45, 7) is 5.52. The summed E-state index contributed by atoms with van der Waals surface area (Å²) >= 11 is 0. The van der Waals surface area contributed by atoms with Crippen LogP contribution in [0, 0.1) is 5.92 Å². The Bertz CT molecular complexity index is 626. The van der Waals surface area contributed by atoms with E-state index in [0.717, 1.165) is 43.9 Å². The lowest BCUT2D eigenvalue weighted by Gasteiger charge is -2.31. The number of nitrogens with zero attached hydrogens (tertiary/aromatic N) is 3. The molecule has 0 aliphatic carbocycles. The molecule has 0 saturated carbocycles. The van der Waals surface area contributed by atoms with Crippen molar-refractivity contribution in [3.05, 3.63) is 54.1 Å². The molecule has 24 heavy (non-hydrogen) atoms. The molecule has 1 aromatic carbocycles. The van der Waals surface area contributed by atoms with E-state index in [9.17, 15) is 5.11 Å². The fourth-order valence-corrected chi connectivity index (χ4v) is 3.20. The van der Waals surface area contributed by atoms with Crippen LogP contribution in [0.15, 0.2) is 42.9 Å². The first kappa shape index (κ1) is 16.9. The fourth-order valence-electron chi connectivity index (χ4n) is 3.20. The molecule has 0 bridgehead atoms. The summed E-state index contributed by atoms with van der Waals surface area (Å²) in [6, 6.07) is 8.70. The highest BCUT2D eigenvalue weighted by molar-refractivity contribution is 5.47. The van der Waals surface area contributed by atoms with Crippen molar-refractivity contribution < 1.29 is 5.11 Å². The number of piperidine rings is 1. The molecule has 128 valence electrons. The lowest BCUT2D eigenvalue weighted by atomic mass is 9.97. The molecule has 1 unspecified atom stereocenters. The highest BCUT2D eigenvalue weighted by Gasteiger charge is 2.18. The third-order valence-electron chi connectivity index (χ3n) is 4.71. The van der Waals surface area contributed by atoms with Gasteiger partial charge in [0.15, 0.2) is 0 Å². The molecule has 2 heterocycles. The molecule has 2 N–H and O–H groups in total. The summed E-state index contributed by atoms with van der Waals surface area (Å²) in [6.07, 6.45) is 7.40. The Hall–Kier alpha value is -1.98. The van der Waals surface area contributed by atoms with Crippen LogP contribution in [0.3, 0.4) is 0 Å². The number of benzene rings is 1. The van der Waals surface area contributed by atoms with Gasteiger partial charge in [-0.05, 0) is 56.5 Å². The van der Waals surface area contributed by atoms with Crippen LogP contribution in [-0.2, 0) is 6.54 Å². The van der Waals surface area contributed by atoms with Gasteiger partial charge in [0.1, 0.15) is 0 Å². The van der Waals surface area contributed by atoms with Gasteiger partial charge in [-0.25, -0.2) is 0 Å². The average Bonchev–Trinajstić information content (AvgIpc) is 2.63. The maximum Gasteiger partial charge on any atom is 0.0806 e. The Balaban J connectivity index is 1.58. The first-order valence-corrected chi connectivity index (χ1v) is 8.69. The van der Waals surface area contributed by atoms with Crippen molar-refractivity contribution in [2.45, 2.75) is 32.4 Å². The third-order valence-corrected chi connectivity index (χ3v) is 4.71. The Morgan fingerprint density at radius 3 is 2.83 bits per heavy atom. The number of hydrogen-bond acceptors (Lipinski definition) is 5. The summed E-state index contributed by atoms with van der Waals surface area (Å²) in [5.41, 5.74) is 3.36. The number of aromatic nitrogens is 2. The largest absolute Gasteiger partial charge is 0.396 e. The lowest BCUT2D eigenvalue weighted by molar-refractivity contribution is 0.127. The van der Waals surface area contributed by atoms with E-state index in [-0.39, 0.29) is 6.04 Å². The minimum Gasteiger partial charge on any atom is -0.396 e. The normalized spacial score (nSPS) is 17.6. The quantitative estimate of drug-likeness (QED) is 0.855. The molecular formula is C19H26N4O. The van der Waals surface area contributed by atoms with Crippen LogP contribution < -0.4 is 5.32 Å². The second-order valence-electron chi connectivity index (χ2n) is 6.60. The van der Waals surface area contributed by atoms with E-state index in [1.54, 1.807) is 18.6 Å². The SMILES string of the molecule is CC(Nc1cccc(CN2CCC(CO)CC2)c1)c1cnccn1. The number of likely N-dealkylation sites (tertiary alicyclic amines) is 1. The van der Waals surface area contributed by atoms with Crippen molar-refractivity contribution >= 4 is 5.69 Å². The van der Waals surface area contributed by atoms with Gasteiger partial charge in [0, 0.05) is 31.2 Å². The molecule has 1 fully saturated rings. The second kappa shape index (κ2) is 8.22. The zero-order chi connectivity index (χ0) is 16.8. The Morgan fingerprint density at radius 1 is 1.29 bits per heavy atom. The number of aliphatic hydroxyl groups is 1. The molecule has 0 radical (unpaired) electrons. The maximum absolute atomic E-state index is 9.24. The van der Waals surface area contributed by atoms with Crippen LogP contribution in [0.5, 0.6) is 0 Å². The van der Waals surface area contributed by atoms with Gasteiger partial charge in [-0.1, -0.05) is 12.1 Å². The second-order valence-corrected chi connectivity index (χ2v) is 6.60. The molecule has 1 aliphatic heterocycles. The monoisotopic (exact) mass is 326 g/mol. The van der Waals surface area contributed by atoms with Gasteiger partial charge in [-0.3, -0.25) is 14.9 Å². The average molecular weight is 326 g/mol. The Morgan fingerprint density at radius 2 is 2.12 bits per heavy atom. The molecule has 3 rings (SSSR count). The third kappa shape index (κ3) is 4.52. The molecule has 5 nitrogen and oxygen atoms in total. The predicted octanol–water partition coefficient (Wildman–Crippen LogP) is 2.85. The van der Waals surface area contributed by atoms with Crippen molar-refractivity contribution in [3.8, 4) is 0 Å². The van der Waals surface area contributed by atoms with Crippen molar-refractivity contribution in [1.29, 1.82) is 0 Å². The summed E-state index contributed by atoms with van der Waals surface area (Å²) in [4.78, 5) is 11.0.